The predicted molar refractivity (Wildman–Crippen MR) is 84.2 cm³/mol. The number of anilines is 1. The average Bonchev–Trinajstić information content (AvgIpc) is 2.47. The summed E-state index contributed by atoms with van der Waals surface area (Å²) < 4.78 is 0. The van der Waals surface area contributed by atoms with Crippen molar-refractivity contribution in [3.63, 3.8) is 0 Å². The van der Waals surface area contributed by atoms with Crippen LogP contribution in [0.5, 0.6) is 0 Å². The highest BCUT2D eigenvalue weighted by atomic mass is 35.5. The number of carbonyl (C=O) groups excluding carboxylic acids is 1. The summed E-state index contributed by atoms with van der Waals surface area (Å²) >= 11 is 7.19. The van der Waals surface area contributed by atoms with Gasteiger partial charge in [0.15, 0.2) is 0 Å². The molecule has 6 heteroatoms. The van der Waals surface area contributed by atoms with E-state index in [4.69, 9.17) is 16.7 Å². The van der Waals surface area contributed by atoms with Crippen LogP contribution in [0.2, 0.25) is 5.02 Å². The Morgan fingerprint density at radius 1 is 1.05 bits per heavy atom. The normalized spacial score (nSPS) is 10.1. The molecule has 0 atom stereocenters. The molecule has 0 heterocycles. The van der Waals surface area contributed by atoms with Crippen LogP contribution in [0.4, 0.5) is 5.69 Å². The van der Waals surface area contributed by atoms with E-state index in [1.165, 1.54) is 23.9 Å². The van der Waals surface area contributed by atoms with E-state index in [0.717, 1.165) is 4.90 Å². The smallest absolute Gasteiger partial charge is 0.335 e. The molecule has 2 rings (SSSR count). The number of aromatic carboxylic acids is 1. The van der Waals surface area contributed by atoms with Crippen molar-refractivity contribution < 1.29 is 14.7 Å². The molecule has 0 spiro atoms. The lowest BCUT2D eigenvalue weighted by Crippen LogP contribution is -2.14. The number of rotatable bonds is 5. The second kappa shape index (κ2) is 7.15. The Hall–Kier alpha value is -1.98. The summed E-state index contributed by atoms with van der Waals surface area (Å²) in [6, 6.07) is 13.3. The minimum Gasteiger partial charge on any atom is -0.478 e. The van der Waals surface area contributed by atoms with Gasteiger partial charge in [0.1, 0.15) is 0 Å². The molecule has 1 amide bonds. The molecule has 0 radical (unpaired) electrons. The van der Waals surface area contributed by atoms with Crippen molar-refractivity contribution in [2.45, 2.75) is 4.90 Å². The van der Waals surface area contributed by atoms with Crippen LogP contribution in [0.25, 0.3) is 0 Å². The van der Waals surface area contributed by atoms with E-state index in [2.05, 4.69) is 5.32 Å². The number of benzene rings is 2. The van der Waals surface area contributed by atoms with Crippen LogP contribution < -0.4 is 5.32 Å². The van der Waals surface area contributed by atoms with Gasteiger partial charge in [-0.05, 0) is 48.5 Å². The molecule has 21 heavy (non-hydrogen) atoms. The molecule has 0 aliphatic heterocycles. The van der Waals surface area contributed by atoms with E-state index in [1.54, 1.807) is 24.3 Å². The number of hydrogen-bond donors (Lipinski definition) is 2. The minimum atomic E-state index is -0.994. The fraction of sp³-hybridized carbons (Fsp3) is 0.0667. The lowest BCUT2D eigenvalue weighted by atomic mass is 10.2. The second-order valence-electron chi connectivity index (χ2n) is 4.17. The summed E-state index contributed by atoms with van der Waals surface area (Å²) in [5.41, 5.74) is 0.755. The summed E-state index contributed by atoms with van der Waals surface area (Å²) in [4.78, 5) is 23.5. The number of nitrogens with one attached hydrogen (secondary N) is 1. The molecule has 2 aromatic carbocycles. The van der Waals surface area contributed by atoms with Gasteiger partial charge in [0.05, 0.1) is 11.3 Å². The van der Waals surface area contributed by atoms with Gasteiger partial charge in [0.25, 0.3) is 0 Å². The number of hydrogen-bond acceptors (Lipinski definition) is 3. The molecule has 0 aromatic heterocycles. The molecule has 0 saturated carbocycles. The summed E-state index contributed by atoms with van der Waals surface area (Å²) in [7, 11) is 0. The maximum Gasteiger partial charge on any atom is 0.335 e. The lowest BCUT2D eigenvalue weighted by molar-refractivity contribution is -0.113. The number of halogens is 1. The van der Waals surface area contributed by atoms with Crippen molar-refractivity contribution in [3.05, 3.63) is 59.1 Å². The van der Waals surface area contributed by atoms with Crippen LogP contribution >= 0.6 is 23.4 Å². The highest BCUT2D eigenvalue weighted by Crippen LogP contribution is 2.20. The van der Waals surface area contributed by atoms with Crippen LogP contribution in [0.1, 0.15) is 10.4 Å². The first kappa shape index (κ1) is 15.4. The van der Waals surface area contributed by atoms with Crippen molar-refractivity contribution in [1.82, 2.24) is 0 Å². The van der Waals surface area contributed by atoms with E-state index < -0.39 is 5.97 Å². The Balaban J connectivity index is 1.86. The first-order valence-electron chi connectivity index (χ1n) is 6.06. The fourth-order valence-electron chi connectivity index (χ4n) is 1.57. The molecular formula is C15H12ClNO3S. The average molecular weight is 322 g/mol. The van der Waals surface area contributed by atoms with Gasteiger partial charge in [-0.2, -0.15) is 0 Å². The Labute approximate surface area is 131 Å². The highest BCUT2D eigenvalue weighted by molar-refractivity contribution is 8.00. The van der Waals surface area contributed by atoms with Crippen LogP contribution in [0, 0.1) is 0 Å². The third-order valence-corrected chi connectivity index (χ3v) is 3.86. The van der Waals surface area contributed by atoms with Gasteiger partial charge in [0, 0.05) is 15.6 Å². The molecule has 0 bridgehead atoms. The highest BCUT2D eigenvalue weighted by Gasteiger charge is 2.05. The Morgan fingerprint density at radius 2 is 1.67 bits per heavy atom. The third kappa shape index (κ3) is 4.81. The van der Waals surface area contributed by atoms with E-state index in [1.807, 2.05) is 12.1 Å². The molecule has 2 aromatic rings. The summed E-state index contributed by atoms with van der Waals surface area (Å²) in [5, 5.41) is 12.2. The number of thioether (sulfide) groups is 1. The maximum atomic E-state index is 11.8. The molecule has 2 N–H and O–H groups in total. The molecule has 0 aliphatic carbocycles. The SMILES string of the molecule is O=C(CSc1ccc(Cl)cc1)Nc1ccc(C(=O)O)cc1. The fourth-order valence-corrected chi connectivity index (χ4v) is 2.40. The van der Waals surface area contributed by atoms with Crippen LogP contribution in [-0.4, -0.2) is 22.7 Å². The summed E-state index contributed by atoms with van der Waals surface area (Å²) in [5.74, 6) is -0.883. The largest absolute Gasteiger partial charge is 0.478 e. The molecule has 108 valence electrons. The van der Waals surface area contributed by atoms with Crippen LogP contribution in [0.3, 0.4) is 0 Å². The first-order chi connectivity index (χ1) is 10.0. The molecule has 0 unspecified atom stereocenters. The van der Waals surface area contributed by atoms with E-state index >= 15 is 0 Å². The zero-order valence-corrected chi connectivity index (χ0v) is 12.4. The van der Waals surface area contributed by atoms with Gasteiger partial charge in [0.2, 0.25) is 5.91 Å². The standard InChI is InChI=1S/C15H12ClNO3S/c16-11-3-7-13(8-4-11)21-9-14(18)17-12-5-1-10(2-6-12)15(19)20/h1-8H,9H2,(H,17,18)(H,19,20). The monoisotopic (exact) mass is 321 g/mol. The van der Waals surface area contributed by atoms with Crippen molar-refractivity contribution in [2.75, 3.05) is 11.1 Å². The number of carboxylic acids is 1. The van der Waals surface area contributed by atoms with Crippen molar-refractivity contribution >= 4 is 40.9 Å². The first-order valence-corrected chi connectivity index (χ1v) is 7.42. The van der Waals surface area contributed by atoms with E-state index in [0.29, 0.717) is 10.7 Å². The molecule has 0 aliphatic rings. The quantitative estimate of drug-likeness (QED) is 0.823. The van der Waals surface area contributed by atoms with E-state index in [9.17, 15) is 9.59 Å². The zero-order chi connectivity index (χ0) is 15.2. The number of carbonyl (C=O) groups is 2. The molecule has 0 saturated heterocycles. The van der Waals surface area contributed by atoms with Crippen LogP contribution in [-0.2, 0) is 4.79 Å². The van der Waals surface area contributed by atoms with Gasteiger partial charge in [-0.1, -0.05) is 11.6 Å². The molecule has 0 fully saturated rings. The van der Waals surface area contributed by atoms with Gasteiger partial charge in [-0.25, -0.2) is 4.79 Å². The second-order valence-corrected chi connectivity index (χ2v) is 5.66. The molecular weight excluding hydrogens is 310 g/mol. The minimum absolute atomic E-state index is 0.155. The lowest BCUT2D eigenvalue weighted by Gasteiger charge is -2.05. The van der Waals surface area contributed by atoms with Gasteiger partial charge in [-0.3, -0.25) is 4.79 Å². The topological polar surface area (TPSA) is 66.4 Å². The van der Waals surface area contributed by atoms with Gasteiger partial charge < -0.3 is 10.4 Å². The van der Waals surface area contributed by atoms with Crippen LogP contribution in [0.15, 0.2) is 53.4 Å². The Kier molecular flexibility index (Phi) is 5.25. The Morgan fingerprint density at radius 3 is 2.24 bits per heavy atom. The van der Waals surface area contributed by atoms with Gasteiger partial charge in [-0.15, -0.1) is 11.8 Å². The molecule has 4 nitrogen and oxygen atoms in total. The third-order valence-electron chi connectivity index (χ3n) is 2.60. The number of carboxylic acid groups (broad SMARTS) is 1. The summed E-state index contributed by atoms with van der Waals surface area (Å²) in [6.45, 7) is 0. The van der Waals surface area contributed by atoms with Crippen molar-refractivity contribution in [2.24, 2.45) is 0 Å². The Bertz CT molecular complexity index is 641. The van der Waals surface area contributed by atoms with Crippen molar-refractivity contribution in [3.8, 4) is 0 Å². The van der Waals surface area contributed by atoms with Crippen molar-refractivity contribution in [1.29, 1.82) is 0 Å². The summed E-state index contributed by atoms with van der Waals surface area (Å²) in [6.07, 6.45) is 0. The number of amides is 1. The van der Waals surface area contributed by atoms with E-state index in [-0.39, 0.29) is 17.2 Å². The van der Waals surface area contributed by atoms with Gasteiger partial charge >= 0.3 is 5.97 Å². The zero-order valence-electron chi connectivity index (χ0n) is 10.9. The maximum absolute atomic E-state index is 11.8. The predicted octanol–water partition coefficient (Wildman–Crippen LogP) is 3.77.